The Bertz CT molecular complexity index is 1010. The van der Waals surface area contributed by atoms with Crippen molar-refractivity contribution in [2.45, 2.75) is 19.4 Å². The van der Waals surface area contributed by atoms with Gasteiger partial charge in [-0.25, -0.2) is 5.84 Å². The van der Waals surface area contributed by atoms with Gasteiger partial charge in [0.15, 0.2) is 0 Å². The van der Waals surface area contributed by atoms with Crippen LogP contribution in [0.2, 0.25) is 10.0 Å². The molecule has 0 atom stereocenters. The first-order chi connectivity index (χ1) is 12.8. The van der Waals surface area contributed by atoms with E-state index < -0.39 is 11.8 Å². The number of rotatable bonds is 4. The predicted octanol–water partition coefficient (Wildman–Crippen LogP) is 3.53. The van der Waals surface area contributed by atoms with Crippen molar-refractivity contribution in [1.82, 2.24) is 15.2 Å². The second-order valence-corrected chi connectivity index (χ2v) is 6.69. The number of halogens is 4. The number of nitrogens with one attached hydrogen (secondary N) is 1. The minimum atomic E-state index is -3.50. The Kier molecular flexibility index (Phi) is 5.23. The van der Waals surface area contributed by atoms with Crippen LogP contribution in [0.25, 0.3) is 10.9 Å². The Balaban J connectivity index is 2.13. The molecule has 0 aliphatic carbocycles. The molecule has 0 bridgehead atoms. The van der Waals surface area contributed by atoms with Crippen LogP contribution in [0.3, 0.4) is 0 Å². The maximum atomic E-state index is 14.6. The van der Waals surface area contributed by atoms with E-state index in [1.165, 1.54) is 12.1 Å². The van der Waals surface area contributed by atoms with Crippen molar-refractivity contribution in [2.75, 3.05) is 0 Å². The number of fused-ring (bicyclic) bond motifs is 1. The van der Waals surface area contributed by atoms with E-state index >= 15 is 0 Å². The quantitative estimate of drug-likeness (QED) is 0.264. The van der Waals surface area contributed by atoms with Crippen molar-refractivity contribution in [3.05, 3.63) is 63.3 Å². The lowest BCUT2D eigenvalue weighted by Gasteiger charge is -2.18. The van der Waals surface area contributed by atoms with Crippen LogP contribution in [-0.2, 0) is 12.5 Å². The fraction of sp³-hybridized carbons (Fsp3) is 0.176. The molecule has 0 unspecified atom stereocenters. The number of hydrogen-bond acceptors (Lipinski definition) is 4. The van der Waals surface area contributed by atoms with Crippen molar-refractivity contribution in [3.63, 3.8) is 0 Å². The van der Waals surface area contributed by atoms with Gasteiger partial charge in [-0.2, -0.15) is 19.0 Å². The molecule has 3 aromatic rings. The summed E-state index contributed by atoms with van der Waals surface area (Å²) in [7, 11) is 0. The summed E-state index contributed by atoms with van der Waals surface area (Å²) < 4.78 is 30.8. The Hall–Kier alpha value is -2.42. The van der Waals surface area contributed by atoms with Gasteiger partial charge in [0, 0.05) is 26.6 Å². The third kappa shape index (κ3) is 3.43. The van der Waals surface area contributed by atoms with Gasteiger partial charge in [0.05, 0.1) is 17.8 Å². The first-order valence-electron chi connectivity index (χ1n) is 7.83. The zero-order chi connectivity index (χ0) is 19.8. The van der Waals surface area contributed by atoms with E-state index in [1.54, 1.807) is 35.9 Å². The molecule has 0 radical (unpaired) electrons. The zero-order valence-corrected chi connectivity index (χ0v) is 15.7. The molecule has 0 aliphatic heterocycles. The molecule has 5 N–H and O–H groups in total. The van der Waals surface area contributed by atoms with Crippen LogP contribution in [0.15, 0.2) is 41.5 Å². The predicted molar refractivity (Wildman–Crippen MR) is 103 cm³/mol. The molecule has 0 saturated carbocycles. The summed E-state index contributed by atoms with van der Waals surface area (Å²) in [4.78, 5) is 0. The molecular weight excluding hydrogens is 397 g/mol. The van der Waals surface area contributed by atoms with Gasteiger partial charge in [-0.1, -0.05) is 41.4 Å². The molecular formula is C17H16Cl2F2N6. The third-order valence-electron chi connectivity index (χ3n) is 4.23. The first-order valence-corrected chi connectivity index (χ1v) is 8.58. The number of nitrogens with two attached hydrogens (primary N) is 2. The van der Waals surface area contributed by atoms with Crippen LogP contribution in [0, 0.1) is 6.92 Å². The fourth-order valence-electron chi connectivity index (χ4n) is 2.83. The maximum absolute atomic E-state index is 14.6. The molecule has 10 heteroatoms. The normalized spacial score (nSPS) is 12.6. The summed E-state index contributed by atoms with van der Waals surface area (Å²) in [6.07, 6.45) is 0. The number of hydrazone groups is 1. The standard InChI is InChI=1S/C17H16Cl2F2N6/c1-9-11-6-5-10(17(20,21)16(24-22)25-23)7-15(11)27(26-9)8-12-13(18)3-2-4-14(12)19/h2-7H,8,22-23H2,1H3,(H,24,25). The van der Waals surface area contributed by atoms with E-state index in [4.69, 9.17) is 34.9 Å². The van der Waals surface area contributed by atoms with Gasteiger partial charge >= 0.3 is 5.92 Å². The molecule has 27 heavy (non-hydrogen) atoms. The fourth-order valence-corrected chi connectivity index (χ4v) is 3.35. The van der Waals surface area contributed by atoms with Crippen LogP contribution in [0.5, 0.6) is 0 Å². The van der Waals surface area contributed by atoms with Crippen molar-refractivity contribution < 1.29 is 8.78 Å². The maximum Gasteiger partial charge on any atom is 0.332 e. The van der Waals surface area contributed by atoms with Gasteiger partial charge in [0.25, 0.3) is 0 Å². The highest BCUT2D eigenvalue weighted by Crippen LogP contribution is 2.33. The van der Waals surface area contributed by atoms with Gasteiger partial charge < -0.3 is 11.3 Å². The molecule has 0 aliphatic rings. The van der Waals surface area contributed by atoms with Crippen molar-refractivity contribution in [3.8, 4) is 0 Å². The number of benzene rings is 2. The topological polar surface area (TPSA) is 94.2 Å². The molecule has 2 aromatic carbocycles. The van der Waals surface area contributed by atoms with Crippen molar-refractivity contribution >= 4 is 39.9 Å². The lowest BCUT2D eigenvalue weighted by molar-refractivity contribution is 0.0714. The van der Waals surface area contributed by atoms with Gasteiger partial charge in [-0.3, -0.25) is 4.68 Å². The smallest absolute Gasteiger partial charge is 0.321 e. The number of amidine groups is 1. The number of aryl methyl sites for hydroxylation is 1. The number of hydrogen-bond donors (Lipinski definition) is 3. The summed E-state index contributed by atoms with van der Waals surface area (Å²) in [5.41, 5.74) is 3.33. The lowest BCUT2D eigenvalue weighted by atomic mass is 10.0. The summed E-state index contributed by atoms with van der Waals surface area (Å²) in [5, 5.41) is 9.12. The van der Waals surface area contributed by atoms with Gasteiger partial charge in [0.1, 0.15) is 0 Å². The molecule has 6 nitrogen and oxygen atoms in total. The lowest BCUT2D eigenvalue weighted by Crippen LogP contribution is -2.43. The molecule has 1 aromatic heterocycles. The molecule has 3 rings (SSSR count). The third-order valence-corrected chi connectivity index (χ3v) is 4.94. The first kappa shape index (κ1) is 19.3. The van der Waals surface area contributed by atoms with E-state index in [9.17, 15) is 8.78 Å². The molecule has 0 spiro atoms. The number of nitrogens with zero attached hydrogens (tertiary/aromatic N) is 3. The zero-order valence-electron chi connectivity index (χ0n) is 14.2. The van der Waals surface area contributed by atoms with Crippen LogP contribution < -0.4 is 17.1 Å². The van der Waals surface area contributed by atoms with Crippen LogP contribution in [-0.4, -0.2) is 15.6 Å². The highest BCUT2D eigenvalue weighted by molar-refractivity contribution is 6.36. The highest BCUT2D eigenvalue weighted by atomic mass is 35.5. The van der Waals surface area contributed by atoms with E-state index in [2.05, 4.69) is 10.2 Å². The average molecular weight is 413 g/mol. The van der Waals surface area contributed by atoms with E-state index in [0.29, 0.717) is 26.8 Å². The molecule has 142 valence electrons. The Morgan fingerprint density at radius 3 is 2.52 bits per heavy atom. The van der Waals surface area contributed by atoms with E-state index in [-0.39, 0.29) is 12.1 Å². The Morgan fingerprint density at radius 1 is 1.26 bits per heavy atom. The minimum Gasteiger partial charge on any atom is -0.321 e. The van der Waals surface area contributed by atoms with Gasteiger partial charge in [-0.15, -0.1) is 0 Å². The summed E-state index contributed by atoms with van der Waals surface area (Å²) in [6, 6.07) is 9.31. The summed E-state index contributed by atoms with van der Waals surface area (Å²) in [6.45, 7) is 2.02. The number of alkyl halides is 2. The summed E-state index contributed by atoms with van der Waals surface area (Å²) in [5.74, 6) is 5.76. The Labute approximate surface area is 163 Å². The van der Waals surface area contributed by atoms with Gasteiger partial charge in [-0.05, 0) is 25.1 Å². The van der Waals surface area contributed by atoms with Gasteiger partial charge in [0.2, 0.25) is 5.84 Å². The summed E-state index contributed by atoms with van der Waals surface area (Å²) >= 11 is 12.4. The molecule has 0 saturated heterocycles. The molecule has 1 heterocycles. The van der Waals surface area contributed by atoms with Crippen molar-refractivity contribution in [2.24, 2.45) is 16.8 Å². The minimum absolute atomic E-state index is 0.227. The monoisotopic (exact) mass is 412 g/mol. The number of hydrazine groups is 1. The second-order valence-electron chi connectivity index (χ2n) is 5.87. The average Bonchev–Trinajstić information content (AvgIpc) is 2.94. The second kappa shape index (κ2) is 7.30. The van der Waals surface area contributed by atoms with Crippen LogP contribution >= 0.6 is 23.2 Å². The van der Waals surface area contributed by atoms with E-state index in [0.717, 1.165) is 5.39 Å². The van der Waals surface area contributed by atoms with Crippen molar-refractivity contribution in [1.29, 1.82) is 0 Å². The highest BCUT2D eigenvalue weighted by Gasteiger charge is 2.39. The van der Waals surface area contributed by atoms with E-state index in [1.807, 2.05) is 5.43 Å². The SMILES string of the molecule is Cc1nn(Cc2c(Cl)cccc2Cl)c2cc(C(F)(F)/C(=N/N)NN)ccc12. The number of aromatic nitrogens is 2. The van der Waals surface area contributed by atoms with Crippen LogP contribution in [0.4, 0.5) is 8.78 Å². The molecule has 0 fully saturated rings. The van der Waals surface area contributed by atoms with Crippen LogP contribution in [0.1, 0.15) is 16.8 Å². The largest absolute Gasteiger partial charge is 0.332 e. The molecule has 0 amide bonds. The Morgan fingerprint density at radius 2 is 1.93 bits per heavy atom.